The van der Waals surface area contributed by atoms with Crippen LogP contribution in [-0.2, 0) is 4.79 Å². The van der Waals surface area contributed by atoms with E-state index in [4.69, 9.17) is 0 Å². The summed E-state index contributed by atoms with van der Waals surface area (Å²) in [5.74, 6) is -0.151. The minimum Gasteiger partial charge on any atom is -0.394 e. The van der Waals surface area contributed by atoms with Gasteiger partial charge < -0.3 is 20.6 Å². The highest BCUT2D eigenvalue weighted by molar-refractivity contribution is 5.76. The number of carbonyl (C=O) groups is 1. The number of nitrogens with one attached hydrogen (secondary N) is 1. The van der Waals surface area contributed by atoms with Crippen LogP contribution in [0, 0.1) is 0 Å². The number of unbranched alkanes of at least 4 members (excludes halogenated alkanes) is 48. The van der Waals surface area contributed by atoms with Crippen LogP contribution in [0.4, 0.5) is 0 Å². The molecule has 5 heteroatoms. The van der Waals surface area contributed by atoms with Gasteiger partial charge in [0.1, 0.15) is 6.10 Å². The van der Waals surface area contributed by atoms with Gasteiger partial charge >= 0.3 is 0 Å². The SMILES string of the molecule is CCCCCCCCCCCC/C=C/CC/C=C/CCCC(O)C(O)C(CO)NC(=O)CCCCCCCCCCCCCCCCCCCCCCCCCCCCCCCCCCCCCCC. The summed E-state index contributed by atoms with van der Waals surface area (Å²) in [5, 5.41) is 33.8. The summed E-state index contributed by atoms with van der Waals surface area (Å²) >= 11 is 0. The van der Waals surface area contributed by atoms with Crippen LogP contribution < -0.4 is 5.32 Å². The minimum absolute atomic E-state index is 0.151. The molecule has 4 N–H and O–H groups in total. The fourth-order valence-electron chi connectivity index (χ4n) is 10.4. The third-order valence-corrected chi connectivity index (χ3v) is 15.3. The number of rotatable bonds is 60. The van der Waals surface area contributed by atoms with Crippen LogP contribution in [0.25, 0.3) is 0 Å². The Bertz CT molecular complexity index is 1040. The van der Waals surface area contributed by atoms with Crippen molar-refractivity contribution in [3.8, 4) is 0 Å². The first-order valence-electron chi connectivity index (χ1n) is 32.1. The van der Waals surface area contributed by atoms with Crippen molar-refractivity contribution in [2.24, 2.45) is 0 Å². The second-order valence-electron chi connectivity index (χ2n) is 22.3. The molecular weight excluding hydrogens is 859 g/mol. The van der Waals surface area contributed by atoms with Gasteiger partial charge in [0.2, 0.25) is 5.91 Å². The zero-order chi connectivity index (χ0) is 50.7. The zero-order valence-electron chi connectivity index (χ0n) is 47.7. The van der Waals surface area contributed by atoms with E-state index in [2.05, 4.69) is 43.5 Å². The topological polar surface area (TPSA) is 89.8 Å². The monoisotopic (exact) mass is 986 g/mol. The summed E-state index contributed by atoms with van der Waals surface area (Å²) in [6.07, 6.45) is 78.1. The molecule has 0 aliphatic heterocycles. The first-order valence-corrected chi connectivity index (χ1v) is 32.1. The summed E-state index contributed by atoms with van der Waals surface area (Å²) < 4.78 is 0. The van der Waals surface area contributed by atoms with Crippen molar-refractivity contribution in [2.75, 3.05) is 6.61 Å². The van der Waals surface area contributed by atoms with Gasteiger partial charge in [-0.1, -0.05) is 327 Å². The van der Waals surface area contributed by atoms with E-state index in [1.807, 2.05) is 0 Å². The Morgan fingerprint density at radius 3 is 0.871 bits per heavy atom. The van der Waals surface area contributed by atoms with E-state index < -0.39 is 18.2 Å². The number of allylic oxidation sites excluding steroid dienone is 4. The standard InChI is InChI=1S/C65H127NO4/c1-3-5-7-9-11-13-15-17-19-21-23-24-25-26-27-28-29-30-31-32-33-34-35-36-37-38-39-40-42-44-46-48-50-52-54-56-58-60-64(69)66-62(61-67)65(70)63(68)59-57-55-53-51-49-47-45-43-41-22-20-18-16-14-12-10-8-6-4-2/h43,45,51,53,62-63,65,67-68,70H,3-42,44,46-50,52,54-61H2,1-2H3,(H,66,69)/b45-43+,53-51+. The molecular formula is C65H127NO4. The molecule has 5 nitrogen and oxygen atoms in total. The molecule has 416 valence electrons. The molecule has 1 amide bonds. The van der Waals surface area contributed by atoms with Gasteiger partial charge in [0.25, 0.3) is 0 Å². The van der Waals surface area contributed by atoms with Crippen LogP contribution in [0.5, 0.6) is 0 Å². The molecule has 0 aliphatic rings. The van der Waals surface area contributed by atoms with E-state index in [1.54, 1.807) is 0 Å². The molecule has 0 saturated carbocycles. The summed E-state index contributed by atoms with van der Waals surface area (Å²) in [7, 11) is 0. The Morgan fingerprint density at radius 1 is 0.343 bits per heavy atom. The van der Waals surface area contributed by atoms with Gasteiger partial charge in [0.15, 0.2) is 0 Å². The van der Waals surface area contributed by atoms with Crippen molar-refractivity contribution < 1.29 is 20.1 Å². The number of aliphatic hydroxyl groups excluding tert-OH is 3. The normalized spacial score (nSPS) is 13.3. The van der Waals surface area contributed by atoms with E-state index in [1.165, 1.54) is 289 Å². The lowest BCUT2D eigenvalue weighted by atomic mass is 10.0. The van der Waals surface area contributed by atoms with Crippen molar-refractivity contribution in [2.45, 2.75) is 379 Å². The van der Waals surface area contributed by atoms with Gasteiger partial charge in [0.05, 0.1) is 18.8 Å². The molecule has 0 aromatic carbocycles. The van der Waals surface area contributed by atoms with E-state index in [0.717, 1.165) is 44.9 Å². The molecule has 0 bridgehead atoms. The lowest BCUT2D eigenvalue weighted by Gasteiger charge is -2.26. The fourth-order valence-corrected chi connectivity index (χ4v) is 10.4. The Kier molecular flexibility index (Phi) is 59.4. The van der Waals surface area contributed by atoms with Crippen LogP contribution in [0.1, 0.15) is 361 Å². The minimum atomic E-state index is -1.17. The third kappa shape index (κ3) is 54.6. The second kappa shape index (κ2) is 60.4. The van der Waals surface area contributed by atoms with Crippen LogP contribution in [0.3, 0.4) is 0 Å². The smallest absolute Gasteiger partial charge is 0.220 e. The lowest BCUT2D eigenvalue weighted by Crippen LogP contribution is -2.50. The van der Waals surface area contributed by atoms with Gasteiger partial charge in [-0.15, -0.1) is 0 Å². The van der Waals surface area contributed by atoms with Crippen molar-refractivity contribution in [3.63, 3.8) is 0 Å². The van der Waals surface area contributed by atoms with E-state index in [9.17, 15) is 20.1 Å². The van der Waals surface area contributed by atoms with Crippen LogP contribution in [0.2, 0.25) is 0 Å². The highest BCUT2D eigenvalue weighted by Gasteiger charge is 2.26. The molecule has 0 rings (SSSR count). The number of aliphatic hydroxyl groups is 3. The molecule has 0 aromatic heterocycles. The molecule has 0 saturated heterocycles. The van der Waals surface area contributed by atoms with Crippen LogP contribution >= 0.6 is 0 Å². The highest BCUT2D eigenvalue weighted by atomic mass is 16.3. The quantitative estimate of drug-likeness (QED) is 0.0361. The van der Waals surface area contributed by atoms with E-state index >= 15 is 0 Å². The van der Waals surface area contributed by atoms with Gasteiger partial charge in [-0.3, -0.25) is 4.79 Å². The van der Waals surface area contributed by atoms with Crippen molar-refractivity contribution in [1.29, 1.82) is 0 Å². The average Bonchev–Trinajstić information content (AvgIpc) is 3.36. The Balaban J connectivity index is 3.46. The van der Waals surface area contributed by atoms with Crippen LogP contribution in [0.15, 0.2) is 24.3 Å². The van der Waals surface area contributed by atoms with Gasteiger partial charge in [-0.2, -0.15) is 0 Å². The predicted octanol–water partition coefficient (Wildman–Crippen LogP) is 20.4. The number of hydrogen-bond donors (Lipinski definition) is 4. The molecule has 0 fully saturated rings. The number of amides is 1. The number of carbonyl (C=O) groups excluding carboxylic acids is 1. The number of hydrogen-bond acceptors (Lipinski definition) is 4. The zero-order valence-corrected chi connectivity index (χ0v) is 47.7. The Hall–Kier alpha value is -1.17. The first kappa shape index (κ1) is 68.8. The van der Waals surface area contributed by atoms with Gasteiger partial charge in [0, 0.05) is 6.42 Å². The molecule has 3 unspecified atom stereocenters. The van der Waals surface area contributed by atoms with Gasteiger partial charge in [-0.25, -0.2) is 0 Å². The first-order chi connectivity index (χ1) is 34.6. The van der Waals surface area contributed by atoms with E-state index in [-0.39, 0.29) is 12.5 Å². The summed E-state index contributed by atoms with van der Waals surface area (Å²) in [6.45, 7) is 4.20. The maximum atomic E-state index is 12.5. The largest absolute Gasteiger partial charge is 0.394 e. The maximum Gasteiger partial charge on any atom is 0.220 e. The molecule has 3 atom stereocenters. The van der Waals surface area contributed by atoms with Gasteiger partial charge in [-0.05, 0) is 51.4 Å². The Morgan fingerprint density at radius 2 is 0.586 bits per heavy atom. The Labute approximate surface area is 439 Å². The summed E-state index contributed by atoms with van der Waals surface area (Å²) in [4.78, 5) is 12.5. The molecule has 0 aromatic rings. The molecule has 0 radical (unpaired) electrons. The molecule has 0 heterocycles. The molecule has 70 heavy (non-hydrogen) atoms. The average molecular weight is 987 g/mol. The highest BCUT2D eigenvalue weighted by Crippen LogP contribution is 2.19. The summed E-state index contributed by atoms with van der Waals surface area (Å²) in [5.41, 5.74) is 0. The van der Waals surface area contributed by atoms with E-state index in [0.29, 0.717) is 12.8 Å². The van der Waals surface area contributed by atoms with Crippen molar-refractivity contribution in [1.82, 2.24) is 5.32 Å². The maximum absolute atomic E-state index is 12.5. The molecule has 0 aliphatic carbocycles. The fraction of sp³-hybridized carbons (Fsp3) is 0.923. The summed E-state index contributed by atoms with van der Waals surface area (Å²) in [6, 6.07) is -0.831. The van der Waals surface area contributed by atoms with Crippen molar-refractivity contribution in [3.05, 3.63) is 24.3 Å². The molecule has 0 spiro atoms. The lowest BCUT2D eigenvalue weighted by molar-refractivity contribution is -0.124. The van der Waals surface area contributed by atoms with Crippen LogP contribution in [-0.4, -0.2) is 46.1 Å². The predicted molar refractivity (Wildman–Crippen MR) is 310 cm³/mol. The third-order valence-electron chi connectivity index (χ3n) is 15.3. The van der Waals surface area contributed by atoms with Crippen molar-refractivity contribution >= 4 is 5.91 Å². The second-order valence-corrected chi connectivity index (χ2v) is 22.3.